The summed E-state index contributed by atoms with van der Waals surface area (Å²) in [5, 5.41) is 9.44. The van der Waals surface area contributed by atoms with E-state index < -0.39 is 6.03 Å². The normalized spacial score (nSPS) is 19.5. The van der Waals surface area contributed by atoms with Crippen molar-refractivity contribution in [2.45, 2.75) is 10.4 Å². The number of fused-ring (bicyclic) bond motifs is 1. The second-order valence-corrected chi connectivity index (χ2v) is 3.96. The predicted octanol–water partition coefficient (Wildman–Crippen LogP) is 0.391. The molecule has 0 radical (unpaired) electrons. The summed E-state index contributed by atoms with van der Waals surface area (Å²) in [5.41, 5.74) is 5.88. The summed E-state index contributed by atoms with van der Waals surface area (Å²) in [6, 6.07) is 2.92. The van der Waals surface area contributed by atoms with Crippen LogP contribution in [0.15, 0.2) is 23.4 Å². The molecule has 0 saturated carbocycles. The van der Waals surface area contributed by atoms with Crippen LogP contribution < -0.4 is 10.6 Å². The zero-order chi connectivity index (χ0) is 10.1. The molecule has 2 rings (SSSR count). The molecule has 6 heteroatoms. The van der Waals surface area contributed by atoms with Gasteiger partial charge >= 0.3 is 6.03 Å². The van der Waals surface area contributed by atoms with Gasteiger partial charge in [-0.25, -0.2) is 9.78 Å². The van der Waals surface area contributed by atoms with Crippen LogP contribution in [0.25, 0.3) is 0 Å². The maximum Gasteiger partial charge on any atom is 0.320 e. The third-order valence-electron chi connectivity index (χ3n) is 1.94. The van der Waals surface area contributed by atoms with Gasteiger partial charge in [0.1, 0.15) is 10.4 Å². The molecule has 14 heavy (non-hydrogen) atoms. The van der Waals surface area contributed by atoms with Gasteiger partial charge in [-0.3, -0.25) is 4.90 Å². The number of rotatable bonds is 1. The van der Waals surface area contributed by atoms with Crippen molar-refractivity contribution in [1.82, 2.24) is 4.98 Å². The van der Waals surface area contributed by atoms with Crippen LogP contribution in [0.1, 0.15) is 0 Å². The minimum Gasteiger partial charge on any atom is -0.393 e. The van der Waals surface area contributed by atoms with Crippen LogP contribution in [0.2, 0.25) is 0 Å². The molecule has 0 aliphatic carbocycles. The Morgan fingerprint density at radius 2 is 2.57 bits per heavy atom. The lowest BCUT2D eigenvalue weighted by atomic mass is 10.4. The monoisotopic (exact) mass is 211 g/mol. The fourth-order valence-corrected chi connectivity index (χ4v) is 2.44. The maximum atomic E-state index is 11.1. The Morgan fingerprint density at radius 1 is 1.79 bits per heavy atom. The molecule has 1 aliphatic heterocycles. The van der Waals surface area contributed by atoms with E-state index in [1.54, 1.807) is 18.3 Å². The zero-order valence-corrected chi connectivity index (χ0v) is 8.07. The Labute approximate surface area is 84.9 Å². The van der Waals surface area contributed by atoms with Crippen molar-refractivity contribution in [2.75, 3.05) is 11.5 Å². The molecular weight excluding hydrogens is 202 g/mol. The number of aromatic nitrogens is 1. The molecular formula is C8H9N3O2S. The smallest absolute Gasteiger partial charge is 0.320 e. The molecule has 5 nitrogen and oxygen atoms in total. The molecule has 3 N–H and O–H groups in total. The molecule has 1 unspecified atom stereocenters. The summed E-state index contributed by atoms with van der Waals surface area (Å²) in [6.07, 6.45) is 1.64. The van der Waals surface area contributed by atoms with E-state index in [9.17, 15) is 4.79 Å². The molecule has 1 atom stereocenters. The van der Waals surface area contributed by atoms with E-state index in [1.807, 2.05) is 0 Å². The molecule has 0 spiro atoms. The molecule has 74 valence electrons. The SMILES string of the molecule is NC(=O)N1c2cccnc2SC1CO. The highest BCUT2D eigenvalue weighted by molar-refractivity contribution is 8.00. The van der Waals surface area contributed by atoms with Crippen molar-refractivity contribution in [3.8, 4) is 0 Å². The highest BCUT2D eigenvalue weighted by Crippen LogP contribution is 2.40. The van der Waals surface area contributed by atoms with Crippen molar-refractivity contribution in [2.24, 2.45) is 5.73 Å². The highest BCUT2D eigenvalue weighted by Gasteiger charge is 2.33. The van der Waals surface area contributed by atoms with E-state index in [0.29, 0.717) is 5.69 Å². The molecule has 2 amide bonds. The summed E-state index contributed by atoms with van der Waals surface area (Å²) in [6.45, 7) is -0.135. The predicted molar refractivity (Wildman–Crippen MR) is 53.0 cm³/mol. The van der Waals surface area contributed by atoms with Crippen LogP contribution in [-0.2, 0) is 0 Å². The first-order valence-corrected chi connectivity index (χ1v) is 4.93. The molecule has 0 bridgehead atoms. The van der Waals surface area contributed by atoms with Gasteiger partial charge in [-0.2, -0.15) is 0 Å². The van der Waals surface area contributed by atoms with Crippen LogP contribution in [0.4, 0.5) is 10.5 Å². The van der Waals surface area contributed by atoms with Crippen LogP contribution in [0, 0.1) is 0 Å². The fraction of sp³-hybridized carbons (Fsp3) is 0.250. The van der Waals surface area contributed by atoms with Crippen LogP contribution in [0.3, 0.4) is 0 Å². The number of pyridine rings is 1. The number of urea groups is 1. The Kier molecular flexibility index (Phi) is 2.30. The number of nitrogens with zero attached hydrogens (tertiary/aromatic N) is 2. The van der Waals surface area contributed by atoms with Gasteiger partial charge in [0, 0.05) is 6.20 Å². The Morgan fingerprint density at radius 3 is 3.21 bits per heavy atom. The third-order valence-corrected chi connectivity index (χ3v) is 3.11. The topological polar surface area (TPSA) is 79.5 Å². The number of anilines is 1. The molecule has 1 aromatic heterocycles. The highest BCUT2D eigenvalue weighted by atomic mass is 32.2. The van der Waals surface area contributed by atoms with Crippen LogP contribution in [0.5, 0.6) is 0 Å². The van der Waals surface area contributed by atoms with Crippen molar-refractivity contribution in [3.05, 3.63) is 18.3 Å². The number of amides is 2. The van der Waals surface area contributed by atoms with E-state index in [1.165, 1.54) is 16.7 Å². The number of hydrogen-bond donors (Lipinski definition) is 2. The average Bonchev–Trinajstić information content (AvgIpc) is 2.55. The third kappa shape index (κ3) is 1.32. The number of aliphatic hydroxyl groups is 1. The molecule has 0 fully saturated rings. The number of aliphatic hydroxyl groups excluding tert-OH is 1. The molecule has 0 aromatic carbocycles. The number of primary amides is 1. The van der Waals surface area contributed by atoms with E-state index in [4.69, 9.17) is 10.8 Å². The summed E-state index contributed by atoms with van der Waals surface area (Å²) in [7, 11) is 0. The molecule has 2 heterocycles. The van der Waals surface area contributed by atoms with Gasteiger partial charge in [0.25, 0.3) is 0 Å². The van der Waals surface area contributed by atoms with Gasteiger partial charge in [0.05, 0.1) is 12.3 Å². The lowest BCUT2D eigenvalue weighted by Crippen LogP contribution is -2.41. The second kappa shape index (κ2) is 3.47. The number of hydrogen-bond acceptors (Lipinski definition) is 4. The van der Waals surface area contributed by atoms with E-state index >= 15 is 0 Å². The Bertz CT molecular complexity index is 371. The second-order valence-electron chi connectivity index (χ2n) is 2.79. The standard InChI is InChI=1S/C8H9N3O2S/c9-8(13)11-5-2-1-3-10-7(5)14-6(11)4-12/h1-3,6,12H,4H2,(H2,9,13). The number of nitrogens with two attached hydrogens (primary N) is 1. The van der Waals surface area contributed by atoms with Gasteiger partial charge in [0.15, 0.2) is 0 Å². The van der Waals surface area contributed by atoms with Crippen molar-refractivity contribution in [3.63, 3.8) is 0 Å². The first-order chi connectivity index (χ1) is 6.74. The minimum atomic E-state index is -0.566. The average molecular weight is 211 g/mol. The van der Waals surface area contributed by atoms with Crippen molar-refractivity contribution >= 4 is 23.5 Å². The minimum absolute atomic E-state index is 0.135. The summed E-state index contributed by atoms with van der Waals surface area (Å²) in [4.78, 5) is 16.6. The number of thioether (sulfide) groups is 1. The maximum absolute atomic E-state index is 11.1. The fourth-order valence-electron chi connectivity index (χ4n) is 1.37. The zero-order valence-electron chi connectivity index (χ0n) is 7.25. The van der Waals surface area contributed by atoms with Crippen LogP contribution in [-0.4, -0.2) is 28.1 Å². The first kappa shape index (κ1) is 9.29. The Balaban J connectivity index is 2.42. The summed E-state index contributed by atoms with van der Waals surface area (Å²) in [5.74, 6) is 0. The van der Waals surface area contributed by atoms with Crippen molar-refractivity contribution in [1.29, 1.82) is 0 Å². The molecule has 0 saturated heterocycles. The number of carbonyl (C=O) groups is 1. The largest absolute Gasteiger partial charge is 0.393 e. The summed E-state index contributed by atoms with van der Waals surface area (Å²) >= 11 is 1.34. The summed E-state index contributed by atoms with van der Waals surface area (Å²) < 4.78 is 0. The molecule has 1 aliphatic rings. The molecule has 1 aromatic rings. The van der Waals surface area contributed by atoms with E-state index in [-0.39, 0.29) is 12.0 Å². The quantitative estimate of drug-likeness (QED) is 0.704. The van der Waals surface area contributed by atoms with E-state index in [0.717, 1.165) is 5.03 Å². The first-order valence-electron chi connectivity index (χ1n) is 4.05. The van der Waals surface area contributed by atoms with Gasteiger partial charge in [-0.05, 0) is 12.1 Å². The number of carbonyl (C=O) groups excluding carboxylic acids is 1. The Hall–Kier alpha value is -1.27. The lowest BCUT2D eigenvalue weighted by molar-refractivity contribution is 0.247. The van der Waals surface area contributed by atoms with Crippen LogP contribution >= 0.6 is 11.8 Å². The van der Waals surface area contributed by atoms with Gasteiger partial charge in [0.2, 0.25) is 0 Å². The van der Waals surface area contributed by atoms with Gasteiger partial charge in [-0.1, -0.05) is 11.8 Å². The van der Waals surface area contributed by atoms with E-state index in [2.05, 4.69) is 4.98 Å². The van der Waals surface area contributed by atoms with Crippen molar-refractivity contribution < 1.29 is 9.90 Å². The van der Waals surface area contributed by atoms with Gasteiger partial charge < -0.3 is 10.8 Å². The lowest BCUT2D eigenvalue weighted by Gasteiger charge is -2.19. The van der Waals surface area contributed by atoms with Gasteiger partial charge in [-0.15, -0.1) is 0 Å².